The highest BCUT2D eigenvalue weighted by molar-refractivity contribution is 6.39. The maximum Gasteiger partial charge on any atom is 0.313 e. The first-order valence-electron chi connectivity index (χ1n) is 8.05. The lowest BCUT2D eigenvalue weighted by molar-refractivity contribution is -0.136. The maximum atomic E-state index is 13.4. The van der Waals surface area contributed by atoms with E-state index in [1.54, 1.807) is 6.07 Å². The summed E-state index contributed by atoms with van der Waals surface area (Å²) in [5, 5.41) is 4.93. The summed E-state index contributed by atoms with van der Waals surface area (Å²) in [7, 11) is 0. The first-order valence-corrected chi connectivity index (χ1v) is 8.05. The number of anilines is 1. The smallest absolute Gasteiger partial charge is 0.313 e. The molecule has 0 spiro atoms. The molecule has 126 valence electrons. The number of likely N-dealkylation sites (tertiary alicyclic amines) is 1. The highest BCUT2D eigenvalue weighted by atomic mass is 19.1. The van der Waals surface area contributed by atoms with Crippen molar-refractivity contribution in [1.82, 2.24) is 10.2 Å². The van der Waals surface area contributed by atoms with Crippen LogP contribution in [0.4, 0.5) is 10.1 Å². The first kappa shape index (κ1) is 17.4. The van der Waals surface area contributed by atoms with Crippen molar-refractivity contribution in [2.75, 3.05) is 25.0 Å². The number of piperidine rings is 1. The number of rotatable bonds is 4. The summed E-state index contributed by atoms with van der Waals surface area (Å²) in [6.45, 7) is 6.86. The standard InChI is InChI=1S/C17H24FN3O2/c1-12(2)21-9-7-13(8-10-21)11-19-16(22)17(23)20-15-6-4-3-5-14(15)18/h3-6,12-13H,7-11H2,1-2H3,(H,19,22)(H,20,23). The molecule has 2 N–H and O–H groups in total. The van der Waals surface area contributed by atoms with Crippen LogP contribution in [0.25, 0.3) is 0 Å². The van der Waals surface area contributed by atoms with Gasteiger partial charge in [-0.15, -0.1) is 0 Å². The third-order valence-corrected chi connectivity index (χ3v) is 4.26. The molecule has 0 unspecified atom stereocenters. The Morgan fingerprint density at radius 3 is 2.48 bits per heavy atom. The van der Waals surface area contributed by atoms with Gasteiger partial charge in [0, 0.05) is 12.6 Å². The van der Waals surface area contributed by atoms with Crippen molar-refractivity contribution in [2.45, 2.75) is 32.7 Å². The van der Waals surface area contributed by atoms with E-state index in [1.807, 2.05) is 0 Å². The van der Waals surface area contributed by atoms with Gasteiger partial charge in [0.25, 0.3) is 0 Å². The Morgan fingerprint density at radius 2 is 1.87 bits per heavy atom. The summed E-state index contributed by atoms with van der Waals surface area (Å²) in [6.07, 6.45) is 2.01. The van der Waals surface area contributed by atoms with E-state index in [-0.39, 0.29) is 5.69 Å². The average Bonchev–Trinajstić information content (AvgIpc) is 2.55. The molecule has 1 fully saturated rings. The van der Waals surface area contributed by atoms with Crippen LogP contribution in [-0.2, 0) is 9.59 Å². The van der Waals surface area contributed by atoms with Gasteiger partial charge in [0.15, 0.2) is 0 Å². The molecule has 6 heteroatoms. The van der Waals surface area contributed by atoms with Gasteiger partial charge in [-0.25, -0.2) is 4.39 Å². The lowest BCUT2D eigenvalue weighted by atomic mass is 9.96. The molecule has 1 aliphatic heterocycles. The second-order valence-electron chi connectivity index (χ2n) is 6.22. The number of benzene rings is 1. The first-order chi connectivity index (χ1) is 11.0. The van der Waals surface area contributed by atoms with E-state index in [9.17, 15) is 14.0 Å². The Hall–Kier alpha value is -1.95. The molecule has 5 nitrogen and oxygen atoms in total. The van der Waals surface area contributed by atoms with E-state index in [0.29, 0.717) is 18.5 Å². The van der Waals surface area contributed by atoms with Gasteiger partial charge >= 0.3 is 11.8 Å². The molecule has 0 atom stereocenters. The fourth-order valence-corrected chi connectivity index (χ4v) is 2.73. The monoisotopic (exact) mass is 321 g/mol. The van der Waals surface area contributed by atoms with Crippen molar-refractivity contribution >= 4 is 17.5 Å². The molecule has 1 saturated heterocycles. The quantitative estimate of drug-likeness (QED) is 0.834. The Labute approximate surface area is 136 Å². The number of nitrogens with zero attached hydrogens (tertiary/aromatic N) is 1. The summed E-state index contributed by atoms with van der Waals surface area (Å²) >= 11 is 0. The normalized spacial score (nSPS) is 16.3. The molecular formula is C17H24FN3O2. The zero-order valence-electron chi connectivity index (χ0n) is 13.6. The summed E-state index contributed by atoms with van der Waals surface area (Å²) in [6, 6.07) is 6.31. The number of carbonyl (C=O) groups excluding carboxylic acids is 2. The summed E-state index contributed by atoms with van der Waals surface area (Å²) < 4.78 is 13.4. The molecule has 2 amide bonds. The Balaban J connectivity index is 1.75. The lowest BCUT2D eigenvalue weighted by Gasteiger charge is -2.34. The molecule has 1 aliphatic rings. The molecule has 0 radical (unpaired) electrons. The fourth-order valence-electron chi connectivity index (χ4n) is 2.73. The van der Waals surface area contributed by atoms with E-state index in [4.69, 9.17) is 0 Å². The van der Waals surface area contributed by atoms with Crippen LogP contribution in [0.3, 0.4) is 0 Å². The number of amides is 2. The van der Waals surface area contributed by atoms with Crippen molar-refractivity contribution in [3.8, 4) is 0 Å². The second kappa shape index (κ2) is 8.06. The minimum absolute atomic E-state index is 0.0119. The predicted molar refractivity (Wildman–Crippen MR) is 87.5 cm³/mol. The van der Waals surface area contributed by atoms with Crippen molar-refractivity contribution in [2.24, 2.45) is 5.92 Å². The lowest BCUT2D eigenvalue weighted by Crippen LogP contribution is -2.43. The second-order valence-corrected chi connectivity index (χ2v) is 6.22. The number of carbonyl (C=O) groups is 2. The van der Waals surface area contributed by atoms with Crippen molar-refractivity contribution in [3.63, 3.8) is 0 Å². The van der Waals surface area contributed by atoms with Crippen LogP contribution >= 0.6 is 0 Å². The Kier molecular flexibility index (Phi) is 6.10. The summed E-state index contributed by atoms with van der Waals surface area (Å²) in [4.78, 5) is 26.0. The van der Waals surface area contributed by atoms with Gasteiger partial charge in [0.2, 0.25) is 0 Å². The molecule has 1 aromatic carbocycles. The summed E-state index contributed by atoms with van der Waals surface area (Å²) in [5.41, 5.74) is 0.0119. The van der Waals surface area contributed by atoms with Crippen molar-refractivity contribution in [1.29, 1.82) is 0 Å². The summed E-state index contributed by atoms with van der Waals surface area (Å²) in [5.74, 6) is -1.74. The molecule has 0 bridgehead atoms. The number of para-hydroxylation sites is 1. The van der Waals surface area contributed by atoms with Gasteiger partial charge in [0.05, 0.1) is 5.69 Å². The number of halogens is 1. The zero-order chi connectivity index (χ0) is 16.8. The van der Waals surface area contributed by atoms with Gasteiger partial charge in [-0.2, -0.15) is 0 Å². The Morgan fingerprint density at radius 1 is 1.22 bits per heavy atom. The fraction of sp³-hybridized carbons (Fsp3) is 0.529. The van der Waals surface area contributed by atoms with Crippen LogP contribution in [-0.4, -0.2) is 42.4 Å². The minimum atomic E-state index is -0.838. The van der Waals surface area contributed by atoms with Gasteiger partial charge in [-0.3, -0.25) is 9.59 Å². The maximum absolute atomic E-state index is 13.4. The van der Waals surface area contributed by atoms with Crippen LogP contribution in [0.1, 0.15) is 26.7 Å². The van der Waals surface area contributed by atoms with Crippen LogP contribution in [0.5, 0.6) is 0 Å². The largest absolute Gasteiger partial charge is 0.348 e. The highest BCUT2D eigenvalue weighted by Crippen LogP contribution is 2.18. The van der Waals surface area contributed by atoms with Gasteiger partial charge < -0.3 is 15.5 Å². The third-order valence-electron chi connectivity index (χ3n) is 4.26. The van der Waals surface area contributed by atoms with E-state index >= 15 is 0 Å². The third kappa shape index (κ3) is 5.03. The number of hydrogen-bond donors (Lipinski definition) is 2. The molecule has 0 saturated carbocycles. The topological polar surface area (TPSA) is 61.4 Å². The minimum Gasteiger partial charge on any atom is -0.348 e. The highest BCUT2D eigenvalue weighted by Gasteiger charge is 2.22. The Bertz CT molecular complexity index is 555. The van der Waals surface area contributed by atoms with Crippen LogP contribution < -0.4 is 10.6 Å². The van der Waals surface area contributed by atoms with Crippen LogP contribution in [0.2, 0.25) is 0 Å². The van der Waals surface area contributed by atoms with Crippen molar-refractivity contribution in [3.05, 3.63) is 30.1 Å². The predicted octanol–water partition coefficient (Wildman–Crippen LogP) is 2.00. The van der Waals surface area contributed by atoms with E-state index in [1.165, 1.54) is 18.2 Å². The number of nitrogens with one attached hydrogen (secondary N) is 2. The van der Waals surface area contributed by atoms with Gasteiger partial charge in [0.1, 0.15) is 5.82 Å². The molecule has 1 aromatic rings. The molecule has 1 heterocycles. The van der Waals surface area contributed by atoms with E-state index < -0.39 is 17.6 Å². The molecule has 0 aliphatic carbocycles. The van der Waals surface area contributed by atoms with E-state index in [0.717, 1.165) is 25.9 Å². The van der Waals surface area contributed by atoms with Crippen LogP contribution in [0, 0.1) is 11.7 Å². The SMILES string of the molecule is CC(C)N1CCC(CNC(=O)C(=O)Nc2ccccc2F)CC1. The van der Waals surface area contributed by atoms with Gasteiger partial charge in [-0.05, 0) is 57.8 Å². The van der Waals surface area contributed by atoms with Gasteiger partial charge in [-0.1, -0.05) is 12.1 Å². The van der Waals surface area contributed by atoms with Crippen LogP contribution in [0.15, 0.2) is 24.3 Å². The van der Waals surface area contributed by atoms with E-state index in [2.05, 4.69) is 29.4 Å². The number of hydrogen-bond acceptors (Lipinski definition) is 3. The molecule has 0 aromatic heterocycles. The van der Waals surface area contributed by atoms with Crippen molar-refractivity contribution < 1.29 is 14.0 Å². The molecule has 23 heavy (non-hydrogen) atoms. The zero-order valence-corrected chi connectivity index (χ0v) is 13.6. The molecule has 2 rings (SSSR count). The molecular weight excluding hydrogens is 297 g/mol. The average molecular weight is 321 g/mol.